The average molecular weight is 314 g/mol. The Hall–Kier alpha value is -1.37. The number of carbonyl (C=O) groups is 1. The molecule has 0 aromatic carbocycles. The van der Waals surface area contributed by atoms with E-state index in [0.29, 0.717) is 5.82 Å². The normalized spacial score (nSPS) is 16.0. The molecule has 118 valence electrons. The summed E-state index contributed by atoms with van der Waals surface area (Å²) in [6, 6.07) is 0. The van der Waals surface area contributed by atoms with Crippen molar-refractivity contribution < 1.29 is 17.9 Å². The number of hydrogen-bond acceptors (Lipinski definition) is 5. The van der Waals surface area contributed by atoms with Gasteiger partial charge in [0.25, 0.3) is 0 Å². The van der Waals surface area contributed by atoms with Gasteiger partial charge >= 0.3 is 5.97 Å². The molecule has 0 bridgehead atoms. The fraction of sp³-hybridized carbons (Fsp3) is 0.714. The van der Waals surface area contributed by atoms with E-state index in [9.17, 15) is 13.2 Å². The van der Waals surface area contributed by atoms with Crippen molar-refractivity contribution >= 4 is 15.8 Å². The van der Waals surface area contributed by atoms with Crippen molar-refractivity contribution in [2.45, 2.75) is 57.1 Å². The van der Waals surface area contributed by atoms with Crippen LogP contribution in [0.2, 0.25) is 0 Å². The summed E-state index contributed by atoms with van der Waals surface area (Å²) in [7, 11) is -1.90. The predicted molar refractivity (Wildman–Crippen MR) is 78.1 cm³/mol. The van der Waals surface area contributed by atoms with Gasteiger partial charge in [-0.05, 0) is 33.6 Å². The molecule has 7 heteroatoms. The number of nitrogens with zero attached hydrogens (tertiary/aromatic N) is 2. The Kier molecular flexibility index (Phi) is 3.90. The topological polar surface area (TPSA) is 78.3 Å². The highest BCUT2D eigenvalue weighted by molar-refractivity contribution is 7.91. The van der Waals surface area contributed by atoms with E-state index in [2.05, 4.69) is 4.98 Å². The summed E-state index contributed by atoms with van der Waals surface area (Å²) in [5.74, 6) is 0.142. The van der Waals surface area contributed by atoms with Crippen LogP contribution in [0.25, 0.3) is 0 Å². The molecular formula is C14H22N2O4S. The Morgan fingerprint density at radius 2 is 1.95 bits per heavy atom. The summed E-state index contributed by atoms with van der Waals surface area (Å²) < 4.78 is 31.4. The third-order valence-corrected chi connectivity index (χ3v) is 5.10. The molecule has 1 saturated carbocycles. The van der Waals surface area contributed by atoms with Crippen LogP contribution in [0.15, 0.2) is 5.03 Å². The van der Waals surface area contributed by atoms with Crippen LogP contribution in [-0.4, -0.2) is 35.3 Å². The van der Waals surface area contributed by atoms with E-state index < -0.39 is 21.4 Å². The predicted octanol–water partition coefficient (Wildman–Crippen LogP) is 2.05. The van der Waals surface area contributed by atoms with Crippen LogP contribution in [0.1, 0.15) is 62.8 Å². The van der Waals surface area contributed by atoms with Crippen LogP contribution in [-0.2, 0) is 21.6 Å². The number of aromatic nitrogens is 2. The lowest BCUT2D eigenvalue weighted by molar-refractivity contribution is 0.00582. The zero-order chi connectivity index (χ0) is 16.0. The standard InChI is InChI=1S/C14H22N2O4S/c1-6-21(18,19)12-10(13(17)20-14(2,3)4)15-11(16(12)5)9-7-8-9/h9H,6-8H2,1-5H3. The van der Waals surface area contributed by atoms with Crippen molar-refractivity contribution in [2.75, 3.05) is 5.75 Å². The number of ether oxygens (including phenoxy) is 1. The highest BCUT2D eigenvalue weighted by Crippen LogP contribution is 2.40. The maximum absolute atomic E-state index is 12.3. The minimum atomic E-state index is -3.55. The van der Waals surface area contributed by atoms with Crippen molar-refractivity contribution in [1.29, 1.82) is 0 Å². The summed E-state index contributed by atoms with van der Waals surface area (Å²) in [6.07, 6.45) is 1.95. The van der Waals surface area contributed by atoms with Gasteiger partial charge in [-0.25, -0.2) is 18.2 Å². The molecule has 0 N–H and O–H groups in total. The summed E-state index contributed by atoms with van der Waals surface area (Å²) >= 11 is 0. The molecule has 1 heterocycles. The first-order valence-electron chi connectivity index (χ1n) is 7.09. The fourth-order valence-electron chi connectivity index (χ4n) is 2.16. The van der Waals surface area contributed by atoms with Gasteiger partial charge in [-0.2, -0.15) is 0 Å². The van der Waals surface area contributed by atoms with Crippen LogP contribution in [0.3, 0.4) is 0 Å². The van der Waals surface area contributed by atoms with Gasteiger partial charge in [0.15, 0.2) is 20.6 Å². The Labute approximate surface area is 125 Å². The van der Waals surface area contributed by atoms with Crippen LogP contribution in [0.5, 0.6) is 0 Å². The highest BCUT2D eigenvalue weighted by atomic mass is 32.2. The van der Waals surface area contributed by atoms with Gasteiger partial charge in [0, 0.05) is 13.0 Å². The molecule has 1 aromatic heterocycles. The van der Waals surface area contributed by atoms with Crippen molar-refractivity contribution in [3.8, 4) is 0 Å². The molecule has 21 heavy (non-hydrogen) atoms. The third-order valence-electron chi connectivity index (χ3n) is 3.29. The van der Waals surface area contributed by atoms with E-state index in [4.69, 9.17) is 4.74 Å². The lowest BCUT2D eigenvalue weighted by Gasteiger charge is -2.19. The number of rotatable bonds is 4. The second kappa shape index (κ2) is 5.12. The van der Waals surface area contributed by atoms with Crippen LogP contribution in [0.4, 0.5) is 0 Å². The first-order valence-corrected chi connectivity index (χ1v) is 8.74. The Bertz CT molecular complexity index is 664. The largest absolute Gasteiger partial charge is 0.455 e. The summed E-state index contributed by atoms with van der Waals surface area (Å²) in [5, 5.41) is -0.0267. The Morgan fingerprint density at radius 3 is 2.38 bits per heavy atom. The van der Waals surface area contributed by atoms with Gasteiger partial charge in [0.2, 0.25) is 0 Å². The number of sulfone groups is 1. The van der Waals surface area contributed by atoms with Crippen molar-refractivity contribution in [3.63, 3.8) is 0 Å². The quantitative estimate of drug-likeness (QED) is 0.795. The molecule has 0 atom stereocenters. The molecular weight excluding hydrogens is 292 g/mol. The molecule has 1 aromatic rings. The molecule has 0 amide bonds. The molecule has 1 aliphatic carbocycles. The minimum absolute atomic E-state index is 0.0267. The third kappa shape index (κ3) is 3.28. The molecule has 0 saturated heterocycles. The van der Waals surface area contributed by atoms with E-state index in [1.54, 1.807) is 34.7 Å². The van der Waals surface area contributed by atoms with Crippen molar-refractivity contribution in [3.05, 3.63) is 11.5 Å². The second-order valence-corrected chi connectivity index (χ2v) is 8.56. The summed E-state index contributed by atoms with van der Waals surface area (Å²) in [5.41, 5.74) is -0.780. The van der Waals surface area contributed by atoms with Gasteiger partial charge in [0.1, 0.15) is 11.4 Å². The maximum atomic E-state index is 12.3. The van der Waals surface area contributed by atoms with Crippen molar-refractivity contribution in [2.24, 2.45) is 7.05 Å². The number of esters is 1. The molecule has 1 fully saturated rings. The minimum Gasteiger partial charge on any atom is -0.455 e. The molecule has 6 nitrogen and oxygen atoms in total. The van der Waals surface area contributed by atoms with Gasteiger partial charge in [-0.3, -0.25) is 0 Å². The van der Waals surface area contributed by atoms with Crippen LogP contribution >= 0.6 is 0 Å². The smallest absolute Gasteiger partial charge is 0.360 e. The Morgan fingerprint density at radius 1 is 1.38 bits per heavy atom. The maximum Gasteiger partial charge on any atom is 0.360 e. The number of imidazole rings is 1. The SMILES string of the molecule is CCS(=O)(=O)c1c(C(=O)OC(C)(C)C)nc(C2CC2)n1C. The summed E-state index contributed by atoms with van der Waals surface area (Å²) in [6.45, 7) is 6.77. The lowest BCUT2D eigenvalue weighted by Crippen LogP contribution is -2.25. The first-order chi connectivity index (χ1) is 9.57. The van der Waals surface area contributed by atoms with E-state index in [0.717, 1.165) is 12.8 Å². The second-order valence-electron chi connectivity index (χ2n) is 6.36. The molecule has 1 aliphatic rings. The molecule has 0 unspecified atom stereocenters. The van der Waals surface area contributed by atoms with Crippen molar-refractivity contribution in [1.82, 2.24) is 9.55 Å². The van der Waals surface area contributed by atoms with Crippen LogP contribution < -0.4 is 0 Å². The first kappa shape index (κ1) is 16.0. The highest BCUT2D eigenvalue weighted by Gasteiger charge is 2.36. The molecule has 0 aliphatic heterocycles. The van der Waals surface area contributed by atoms with E-state index in [1.807, 2.05) is 0 Å². The number of hydrogen-bond donors (Lipinski definition) is 0. The van der Waals surface area contributed by atoms with Gasteiger partial charge < -0.3 is 9.30 Å². The van der Waals surface area contributed by atoms with Gasteiger partial charge in [-0.1, -0.05) is 6.92 Å². The zero-order valence-electron chi connectivity index (χ0n) is 13.1. The zero-order valence-corrected chi connectivity index (χ0v) is 14.0. The van der Waals surface area contributed by atoms with Crippen LogP contribution in [0, 0.1) is 0 Å². The fourth-order valence-corrected chi connectivity index (χ4v) is 3.37. The Balaban J connectivity index is 2.54. The van der Waals surface area contributed by atoms with Gasteiger partial charge in [-0.15, -0.1) is 0 Å². The van der Waals surface area contributed by atoms with E-state index in [-0.39, 0.29) is 22.4 Å². The lowest BCUT2D eigenvalue weighted by atomic mass is 10.2. The number of carbonyl (C=O) groups excluding carboxylic acids is 1. The average Bonchev–Trinajstić information content (AvgIpc) is 3.10. The molecule has 0 radical (unpaired) electrons. The molecule has 2 rings (SSSR count). The van der Waals surface area contributed by atoms with Gasteiger partial charge in [0.05, 0.1) is 5.75 Å². The monoisotopic (exact) mass is 314 g/mol. The summed E-state index contributed by atoms with van der Waals surface area (Å²) in [4.78, 5) is 16.6. The molecule has 0 spiro atoms. The van der Waals surface area contributed by atoms with E-state index in [1.165, 1.54) is 4.57 Å². The van der Waals surface area contributed by atoms with E-state index >= 15 is 0 Å².